The lowest BCUT2D eigenvalue weighted by Crippen LogP contribution is -2.40. The second-order valence-electron chi connectivity index (χ2n) is 5.56. The van der Waals surface area contributed by atoms with Crippen molar-refractivity contribution in [2.75, 3.05) is 13.1 Å². The van der Waals surface area contributed by atoms with E-state index in [1.807, 2.05) is 11.6 Å². The largest absolute Gasteiger partial charge is 0.322 e. The van der Waals surface area contributed by atoms with Gasteiger partial charge in [-0.15, -0.1) is 11.3 Å². The molecule has 0 amide bonds. The minimum absolute atomic E-state index is 0.118. The monoisotopic (exact) mass is 239 g/mol. The van der Waals surface area contributed by atoms with E-state index in [0.29, 0.717) is 5.92 Å². The smallest absolute Gasteiger partial charge is 0.110 e. The molecular formula is C12H21N3S. The van der Waals surface area contributed by atoms with Crippen LogP contribution in [0.1, 0.15) is 38.2 Å². The first-order valence-electron chi connectivity index (χ1n) is 5.88. The molecule has 90 valence electrons. The zero-order chi connectivity index (χ0) is 11.8. The molecule has 0 radical (unpaired) electrons. The molecule has 1 unspecified atom stereocenters. The molecule has 1 aromatic heterocycles. The summed E-state index contributed by atoms with van der Waals surface area (Å²) in [5.41, 5.74) is 6.53. The summed E-state index contributed by atoms with van der Waals surface area (Å²) in [5, 5.41) is 3.09. The maximum Gasteiger partial charge on any atom is 0.110 e. The molecule has 2 heterocycles. The zero-order valence-corrected chi connectivity index (χ0v) is 11.1. The highest BCUT2D eigenvalue weighted by atomic mass is 32.1. The van der Waals surface area contributed by atoms with E-state index in [1.54, 1.807) is 11.3 Å². The zero-order valence-electron chi connectivity index (χ0n) is 10.3. The quantitative estimate of drug-likeness (QED) is 0.861. The Balaban J connectivity index is 1.99. The van der Waals surface area contributed by atoms with E-state index in [9.17, 15) is 0 Å². The first-order valence-corrected chi connectivity index (χ1v) is 6.76. The molecule has 0 spiro atoms. The van der Waals surface area contributed by atoms with Gasteiger partial charge in [0.05, 0.1) is 6.04 Å². The SMILES string of the molecule is CC(C)(C)N1CC[C@@H](C(N)c2nccs2)C1. The van der Waals surface area contributed by atoms with Gasteiger partial charge in [0, 0.05) is 23.7 Å². The molecule has 0 aliphatic carbocycles. The first kappa shape index (κ1) is 12.0. The lowest BCUT2D eigenvalue weighted by Gasteiger charge is -2.32. The van der Waals surface area contributed by atoms with Crippen molar-refractivity contribution < 1.29 is 0 Å². The van der Waals surface area contributed by atoms with Crippen molar-refractivity contribution >= 4 is 11.3 Å². The third-order valence-electron chi connectivity index (χ3n) is 3.42. The molecular weight excluding hydrogens is 218 g/mol. The van der Waals surface area contributed by atoms with Crippen molar-refractivity contribution in [2.45, 2.75) is 38.8 Å². The Kier molecular flexibility index (Phi) is 3.33. The molecule has 0 saturated carbocycles. The van der Waals surface area contributed by atoms with Gasteiger partial charge >= 0.3 is 0 Å². The minimum atomic E-state index is 0.118. The van der Waals surface area contributed by atoms with Gasteiger partial charge in [-0.05, 0) is 39.7 Å². The number of hydrogen-bond acceptors (Lipinski definition) is 4. The van der Waals surface area contributed by atoms with Crippen molar-refractivity contribution in [3.05, 3.63) is 16.6 Å². The lowest BCUT2D eigenvalue weighted by atomic mass is 10.00. The third kappa shape index (κ3) is 2.44. The Morgan fingerprint density at radius 3 is 2.81 bits per heavy atom. The molecule has 16 heavy (non-hydrogen) atoms. The Labute approximate surface area is 102 Å². The summed E-state index contributed by atoms with van der Waals surface area (Å²) < 4.78 is 0. The van der Waals surface area contributed by atoms with Crippen LogP contribution >= 0.6 is 11.3 Å². The van der Waals surface area contributed by atoms with Gasteiger partial charge in [0.2, 0.25) is 0 Å². The van der Waals surface area contributed by atoms with Crippen LogP contribution in [0.5, 0.6) is 0 Å². The summed E-state index contributed by atoms with van der Waals surface area (Å²) in [4.78, 5) is 6.84. The second kappa shape index (κ2) is 4.43. The van der Waals surface area contributed by atoms with Crippen molar-refractivity contribution in [1.29, 1.82) is 0 Å². The average molecular weight is 239 g/mol. The van der Waals surface area contributed by atoms with Crippen LogP contribution in [0.4, 0.5) is 0 Å². The van der Waals surface area contributed by atoms with E-state index in [1.165, 1.54) is 6.42 Å². The van der Waals surface area contributed by atoms with Crippen LogP contribution in [-0.2, 0) is 0 Å². The Hall–Kier alpha value is -0.450. The summed E-state index contributed by atoms with van der Waals surface area (Å²) in [6.45, 7) is 9.07. The number of thiazole rings is 1. The number of hydrogen-bond donors (Lipinski definition) is 1. The van der Waals surface area contributed by atoms with E-state index in [-0.39, 0.29) is 11.6 Å². The predicted octanol–water partition coefficient (Wildman–Crippen LogP) is 2.26. The molecule has 1 aromatic rings. The topological polar surface area (TPSA) is 42.1 Å². The van der Waals surface area contributed by atoms with E-state index >= 15 is 0 Å². The highest BCUT2D eigenvalue weighted by Crippen LogP contribution is 2.32. The number of rotatable bonds is 2. The summed E-state index contributed by atoms with van der Waals surface area (Å²) in [5.74, 6) is 0.561. The molecule has 1 saturated heterocycles. The second-order valence-corrected chi connectivity index (χ2v) is 6.49. The van der Waals surface area contributed by atoms with E-state index in [4.69, 9.17) is 5.73 Å². The van der Waals surface area contributed by atoms with Gasteiger partial charge in [0.25, 0.3) is 0 Å². The molecule has 2 atom stereocenters. The summed E-state index contributed by atoms with van der Waals surface area (Å²) >= 11 is 1.67. The molecule has 4 heteroatoms. The molecule has 2 rings (SSSR count). The summed E-state index contributed by atoms with van der Waals surface area (Å²) in [7, 11) is 0. The number of nitrogens with zero attached hydrogens (tertiary/aromatic N) is 2. The maximum atomic E-state index is 6.27. The molecule has 0 aromatic carbocycles. The molecule has 2 N–H and O–H groups in total. The van der Waals surface area contributed by atoms with Gasteiger partial charge < -0.3 is 5.73 Å². The molecule has 0 bridgehead atoms. The Morgan fingerprint density at radius 2 is 2.31 bits per heavy atom. The van der Waals surface area contributed by atoms with Gasteiger partial charge in [-0.2, -0.15) is 0 Å². The van der Waals surface area contributed by atoms with Crippen molar-refractivity contribution in [3.63, 3.8) is 0 Å². The van der Waals surface area contributed by atoms with Gasteiger partial charge in [0.15, 0.2) is 0 Å². The van der Waals surface area contributed by atoms with Gasteiger partial charge in [0.1, 0.15) is 5.01 Å². The predicted molar refractivity (Wildman–Crippen MR) is 68.5 cm³/mol. The van der Waals surface area contributed by atoms with Crippen LogP contribution in [0.2, 0.25) is 0 Å². The van der Waals surface area contributed by atoms with Crippen molar-refractivity contribution in [1.82, 2.24) is 9.88 Å². The van der Waals surface area contributed by atoms with Crippen LogP contribution in [0.25, 0.3) is 0 Å². The molecule has 1 fully saturated rings. The average Bonchev–Trinajstić information content (AvgIpc) is 2.87. The highest BCUT2D eigenvalue weighted by molar-refractivity contribution is 7.09. The highest BCUT2D eigenvalue weighted by Gasteiger charge is 2.34. The van der Waals surface area contributed by atoms with Gasteiger partial charge in [-0.1, -0.05) is 0 Å². The van der Waals surface area contributed by atoms with Gasteiger partial charge in [-0.25, -0.2) is 4.98 Å². The van der Waals surface area contributed by atoms with Crippen LogP contribution < -0.4 is 5.73 Å². The standard InChI is InChI=1S/C12H21N3S/c1-12(2,3)15-6-4-9(8-15)10(13)11-14-5-7-16-11/h5,7,9-10H,4,6,8,13H2,1-3H3/t9-,10?/m1/s1. The minimum Gasteiger partial charge on any atom is -0.322 e. The normalized spacial score (nSPS) is 24.9. The van der Waals surface area contributed by atoms with E-state index in [0.717, 1.165) is 18.1 Å². The van der Waals surface area contributed by atoms with Gasteiger partial charge in [-0.3, -0.25) is 4.90 Å². The van der Waals surface area contributed by atoms with E-state index in [2.05, 4.69) is 30.7 Å². The number of likely N-dealkylation sites (tertiary alicyclic amines) is 1. The number of aromatic nitrogens is 1. The summed E-state index contributed by atoms with van der Waals surface area (Å²) in [6.07, 6.45) is 3.04. The van der Waals surface area contributed by atoms with Crippen LogP contribution in [0.15, 0.2) is 11.6 Å². The third-order valence-corrected chi connectivity index (χ3v) is 4.29. The molecule has 1 aliphatic rings. The fourth-order valence-corrected chi connectivity index (χ4v) is 3.02. The van der Waals surface area contributed by atoms with Crippen LogP contribution in [0.3, 0.4) is 0 Å². The van der Waals surface area contributed by atoms with Crippen molar-refractivity contribution in [3.8, 4) is 0 Å². The Bertz CT molecular complexity index is 329. The first-order chi connectivity index (χ1) is 7.48. The van der Waals surface area contributed by atoms with Crippen LogP contribution in [0, 0.1) is 5.92 Å². The molecule has 1 aliphatic heterocycles. The molecule has 3 nitrogen and oxygen atoms in total. The fourth-order valence-electron chi connectivity index (χ4n) is 2.29. The van der Waals surface area contributed by atoms with Crippen LogP contribution in [-0.4, -0.2) is 28.5 Å². The van der Waals surface area contributed by atoms with E-state index < -0.39 is 0 Å². The Morgan fingerprint density at radius 1 is 1.56 bits per heavy atom. The lowest BCUT2D eigenvalue weighted by molar-refractivity contribution is 0.165. The van der Waals surface area contributed by atoms with Crippen molar-refractivity contribution in [2.24, 2.45) is 11.7 Å². The number of nitrogens with two attached hydrogens (primary N) is 1. The fraction of sp³-hybridized carbons (Fsp3) is 0.750. The summed E-state index contributed by atoms with van der Waals surface area (Å²) in [6, 6.07) is 0.118. The maximum absolute atomic E-state index is 6.27.